The van der Waals surface area contributed by atoms with Crippen LogP contribution in [0.2, 0.25) is 0 Å². The van der Waals surface area contributed by atoms with E-state index in [4.69, 9.17) is 20.5 Å². The highest BCUT2D eigenvalue weighted by molar-refractivity contribution is 5.77. The predicted molar refractivity (Wildman–Crippen MR) is 113 cm³/mol. The summed E-state index contributed by atoms with van der Waals surface area (Å²) in [5.74, 6) is 0.257. The molecule has 0 aromatic heterocycles. The first-order valence-electron chi connectivity index (χ1n) is 9.75. The maximum absolute atomic E-state index is 11.8. The molecule has 1 unspecified atom stereocenters. The molecule has 2 amide bonds. The van der Waals surface area contributed by atoms with Gasteiger partial charge in [0.1, 0.15) is 30.3 Å². The molecule has 1 atom stereocenters. The molecule has 2 aromatic carbocycles. The van der Waals surface area contributed by atoms with Crippen LogP contribution in [0.5, 0.6) is 11.5 Å². The van der Waals surface area contributed by atoms with Crippen LogP contribution in [0.4, 0.5) is 0 Å². The molecule has 0 aliphatic heterocycles. The topological polar surface area (TPSA) is 147 Å². The van der Waals surface area contributed by atoms with E-state index in [0.717, 1.165) is 5.56 Å². The molecule has 0 fully saturated rings. The number of nitrogens with two attached hydrogens (primary N) is 1. The van der Waals surface area contributed by atoms with Crippen molar-refractivity contribution in [1.82, 2.24) is 10.6 Å². The normalized spacial score (nSPS) is 11.2. The number of primary amides is 1. The minimum absolute atomic E-state index is 0.0458. The summed E-state index contributed by atoms with van der Waals surface area (Å²) in [7, 11) is 0. The number of rotatable bonds is 13. The minimum Gasteiger partial charge on any atom is -0.489 e. The quantitative estimate of drug-likeness (QED) is 0.332. The number of hydrogen-bond acceptors (Lipinski definition) is 7. The molecule has 9 heteroatoms. The van der Waals surface area contributed by atoms with Crippen LogP contribution in [0.3, 0.4) is 0 Å². The molecule has 0 radical (unpaired) electrons. The van der Waals surface area contributed by atoms with Gasteiger partial charge >= 0.3 is 0 Å². The summed E-state index contributed by atoms with van der Waals surface area (Å²) in [5, 5.41) is 24.7. The Labute approximate surface area is 180 Å². The summed E-state index contributed by atoms with van der Waals surface area (Å²) in [6.07, 6.45) is -0.606. The number of para-hydroxylation sites is 1. The first-order valence-corrected chi connectivity index (χ1v) is 9.75. The van der Waals surface area contributed by atoms with Crippen LogP contribution in [0.15, 0.2) is 48.5 Å². The third-order valence-corrected chi connectivity index (χ3v) is 4.11. The van der Waals surface area contributed by atoms with Crippen molar-refractivity contribution in [2.24, 2.45) is 5.73 Å². The molecule has 2 rings (SSSR count). The van der Waals surface area contributed by atoms with Gasteiger partial charge in [0.15, 0.2) is 6.61 Å². The Morgan fingerprint density at radius 3 is 2.55 bits per heavy atom. The molecule has 0 heterocycles. The van der Waals surface area contributed by atoms with Crippen LogP contribution in [-0.4, -0.2) is 55.9 Å². The number of nitrogens with zero attached hydrogens (tertiary/aromatic N) is 1. The van der Waals surface area contributed by atoms with E-state index in [1.54, 1.807) is 48.5 Å². The fourth-order valence-electron chi connectivity index (χ4n) is 2.59. The summed E-state index contributed by atoms with van der Waals surface area (Å²) >= 11 is 0. The van der Waals surface area contributed by atoms with Gasteiger partial charge < -0.3 is 30.9 Å². The molecule has 164 valence electrons. The van der Waals surface area contributed by atoms with Gasteiger partial charge in [0, 0.05) is 19.6 Å². The zero-order chi connectivity index (χ0) is 22.5. The molecule has 9 nitrogen and oxygen atoms in total. The Morgan fingerprint density at radius 2 is 1.84 bits per heavy atom. The highest BCUT2D eigenvalue weighted by Gasteiger charge is 2.08. The third-order valence-electron chi connectivity index (χ3n) is 4.11. The Hall–Kier alpha value is -3.61. The van der Waals surface area contributed by atoms with Crippen molar-refractivity contribution in [3.05, 3.63) is 59.7 Å². The van der Waals surface area contributed by atoms with E-state index in [1.807, 2.05) is 6.07 Å². The second kappa shape index (κ2) is 12.8. The molecular weight excluding hydrogens is 400 g/mol. The first-order chi connectivity index (χ1) is 15.0. The summed E-state index contributed by atoms with van der Waals surface area (Å²) in [6, 6.07) is 15.6. The van der Waals surface area contributed by atoms with E-state index < -0.39 is 12.0 Å². The third kappa shape index (κ3) is 9.16. The number of nitriles is 1. The van der Waals surface area contributed by atoms with Gasteiger partial charge in [0.2, 0.25) is 5.91 Å². The van der Waals surface area contributed by atoms with E-state index in [-0.39, 0.29) is 32.1 Å². The van der Waals surface area contributed by atoms with Gasteiger partial charge in [-0.3, -0.25) is 9.59 Å². The number of benzene rings is 2. The smallest absolute Gasteiger partial charge is 0.257 e. The molecule has 0 bridgehead atoms. The van der Waals surface area contributed by atoms with Crippen molar-refractivity contribution in [3.8, 4) is 17.6 Å². The summed E-state index contributed by atoms with van der Waals surface area (Å²) in [5.41, 5.74) is 6.32. The number of nitrogens with one attached hydrogen (secondary N) is 2. The van der Waals surface area contributed by atoms with Gasteiger partial charge in [-0.15, -0.1) is 0 Å². The SMILES string of the molecule is N#Cc1ccccc1OCC(O)CNCCNC(=O)COc1ccc(CC(N)=O)cc1. The molecule has 0 saturated heterocycles. The van der Waals surface area contributed by atoms with Crippen molar-refractivity contribution in [1.29, 1.82) is 5.26 Å². The fourth-order valence-corrected chi connectivity index (χ4v) is 2.59. The zero-order valence-electron chi connectivity index (χ0n) is 17.0. The van der Waals surface area contributed by atoms with Crippen LogP contribution >= 0.6 is 0 Å². The van der Waals surface area contributed by atoms with Gasteiger partial charge in [0.25, 0.3) is 5.91 Å². The molecule has 0 saturated carbocycles. The van der Waals surface area contributed by atoms with E-state index in [2.05, 4.69) is 10.6 Å². The number of carbonyl (C=O) groups excluding carboxylic acids is 2. The van der Waals surface area contributed by atoms with E-state index in [9.17, 15) is 14.7 Å². The van der Waals surface area contributed by atoms with Gasteiger partial charge in [-0.1, -0.05) is 24.3 Å². The van der Waals surface area contributed by atoms with Crippen molar-refractivity contribution in [2.45, 2.75) is 12.5 Å². The molecule has 0 spiro atoms. The Kier molecular flexibility index (Phi) is 9.81. The molecular formula is C22H26N4O5. The standard InChI is InChI=1S/C22H26N4O5/c23-12-17-3-1-2-4-20(17)31-14-18(27)13-25-9-10-26-22(29)15-30-19-7-5-16(6-8-19)11-21(24)28/h1-8,18,25,27H,9-11,13-15H2,(H2,24,28)(H,26,29). The van der Waals surface area contributed by atoms with Crippen LogP contribution in [0, 0.1) is 11.3 Å². The summed E-state index contributed by atoms with van der Waals surface area (Å²) in [6.45, 7) is 1.01. The zero-order valence-corrected chi connectivity index (χ0v) is 17.0. The number of amides is 2. The molecule has 0 aliphatic rings. The van der Waals surface area contributed by atoms with Gasteiger partial charge in [-0.25, -0.2) is 0 Å². The first kappa shape index (κ1) is 23.7. The van der Waals surface area contributed by atoms with Gasteiger partial charge in [-0.05, 0) is 29.8 Å². The lowest BCUT2D eigenvalue weighted by Gasteiger charge is -2.14. The van der Waals surface area contributed by atoms with Crippen LogP contribution in [0.1, 0.15) is 11.1 Å². The van der Waals surface area contributed by atoms with Crippen molar-refractivity contribution in [3.63, 3.8) is 0 Å². The monoisotopic (exact) mass is 426 g/mol. The van der Waals surface area contributed by atoms with Gasteiger partial charge in [0.05, 0.1) is 12.0 Å². The number of aliphatic hydroxyl groups is 1. The fraction of sp³-hybridized carbons (Fsp3) is 0.318. The second-order valence-corrected chi connectivity index (χ2v) is 6.70. The number of carbonyl (C=O) groups is 2. The summed E-state index contributed by atoms with van der Waals surface area (Å²) < 4.78 is 10.9. The lowest BCUT2D eigenvalue weighted by atomic mass is 10.1. The Balaban J connectivity index is 1.55. The van der Waals surface area contributed by atoms with Crippen molar-refractivity contribution in [2.75, 3.05) is 32.8 Å². The molecule has 0 aliphatic carbocycles. The van der Waals surface area contributed by atoms with Crippen LogP contribution in [-0.2, 0) is 16.0 Å². The highest BCUT2D eigenvalue weighted by atomic mass is 16.5. The van der Waals surface area contributed by atoms with Gasteiger partial charge in [-0.2, -0.15) is 5.26 Å². The maximum Gasteiger partial charge on any atom is 0.257 e. The molecule has 2 aromatic rings. The highest BCUT2D eigenvalue weighted by Crippen LogP contribution is 2.16. The van der Waals surface area contributed by atoms with E-state index in [0.29, 0.717) is 30.2 Å². The Bertz CT molecular complexity index is 896. The predicted octanol–water partition coefficient (Wildman–Crippen LogP) is 0.111. The number of aliphatic hydroxyl groups excluding tert-OH is 1. The lowest BCUT2D eigenvalue weighted by Crippen LogP contribution is -2.38. The number of ether oxygens (including phenoxy) is 2. The van der Waals surface area contributed by atoms with E-state index in [1.165, 1.54) is 0 Å². The van der Waals surface area contributed by atoms with Crippen LogP contribution in [0.25, 0.3) is 0 Å². The van der Waals surface area contributed by atoms with Crippen molar-refractivity contribution >= 4 is 11.8 Å². The van der Waals surface area contributed by atoms with Crippen molar-refractivity contribution < 1.29 is 24.2 Å². The lowest BCUT2D eigenvalue weighted by molar-refractivity contribution is -0.123. The second-order valence-electron chi connectivity index (χ2n) is 6.70. The molecule has 5 N–H and O–H groups in total. The minimum atomic E-state index is -0.761. The number of hydrogen-bond donors (Lipinski definition) is 4. The van der Waals surface area contributed by atoms with E-state index >= 15 is 0 Å². The Morgan fingerprint density at radius 1 is 1.10 bits per heavy atom. The average molecular weight is 426 g/mol. The maximum atomic E-state index is 11.8. The summed E-state index contributed by atoms with van der Waals surface area (Å²) in [4.78, 5) is 22.7. The average Bonchev–Trinajstić information content (AvgIpc) is 2.76. The largest absolute Gasteiger partial charge is 0.489 e. The molecule has 31 heavy (non-hydrogen) atoms. The van der Waals surface area contributed by atoms with Crippen LogP contribution < -0.4 is 25.8 Å².